The van der Waals surface area contributed by atoms with E-state index in [0.717, 1.165) is 17.0 Å². The van der Waals surface area contributed by atoms with Gasteiger partial charge in [-0.2, -0.15) is 10.1 Å². The average molecular weight is 329 g/mol. The van der Waals surface area contributed by atoms with E-state index in [1.165, 1.54) is 0 Å². The number of aryl methyl sites for hydroxylation is 1. The zero-order valence-corrected chi connectivity index (χ0v) is 13.3. The number of carbonyl (C=O) groups excluding carboxylic acids is 1. The molecule has 3 aromatic heterocycles. The minimum atomic E-state index is -0.0566. The van der Waals surface area contributed by atoms with Gasteiger partial charge in [0.1, 0.15) is 5.69 Å². The molecule has 4 heterocycles. The third-order valence-corrected chi connectivity index (χ3v) is 4.80. The number of likely N-dealkylation sites (tertiary alicyclic amines) is 1. The number of carbonyl (C=O) groups is 1. The lowest BCUT2D eigenvalue weighted by Crippen LogP contribution is -2.28. The van der Waals surface area contributed by atoms with Crippen LogP contribution in [0.4, 0.5) is 0 Å². The van der Waals surface area contributed by atoms with Gasteiger partial charge in [-0.25, -0.2) is 0 Å². The molecular weight excluding hydrogens is 314 g/mol. The van der Waals surface area contributed by atoms with Crippen LogP contribution < -0.4 is 0 Å². The summed E-state index contributed by atoms with van der Waals surface area (Å²) in [6.07, 6.45) is 0.832. The molecule has 1 amide bonds. The minimum absolute atomic E-state index is 0.0566. The molecule has 0 aromatic carbocycles. The lowest BCUT2D eigenvalue weighted by atomic mass is 10.1. The molecule has 3 aromatic rings. The summed E-state index contributed by atoms with van der Waals surface area (Å²) in [5.41, 5.74) is 1.33. The molecule has 0 aliphatic carbocycles. The summed E-state index contributed by atoms with van der Waals surface area (Å²) >= 11 is 1.56. The Kier molecular flexibility index (Phi) is 3.45. The topological polar surface area (TPSA) is 87.9 Å². The van der Waals surface area contributed by atoms with Crippen LogP contribution in [0, 0.1) is 6.92 Å². The summed E-state index contributed by atoms with van der Waals surface area (Å²) in [5.74, 6) is 1.26. The van der Waals surface area contributed by atoms with Crippen LogP contribution in [0.3, 0.4) is 0 Å². The smallest absolute Gasteiger partial charge is 0.274 e. The molecule has 0 spiro atoms. The number of rotatable bonds is 3. The molecule has 23 heavy (non-hydrogen) atoms. The zero-order valence-electron chi connectivity index (χ0n) is 12.5. The second kappa shape index (κ2) is 5.62. The van der Waals surface area contributed by atoms with Crippen LogP contribution in [0.5, 0.6) is 0 Å². The largest absolute Gasteiger partial charge is 0.336 e. The Bertz CT molecular complexity index is 823. The monoisotopic (exact) mass is 329 g/mol. The van der Waals surface area contributed by atoms with Crippen LogP contribution >= 0.6 is 11.3 Å². The fourth-order valence-corrected chi connectivity index (χ4v) is 3.39. The molecule has 1 atom stereocenters. The maximum absolute atomic E-state index is 12.4. The van der Waals surface area contributed by atoms with Gasteiger partial charge in [0, 0.05) is 24.7 Å². The number of nitrogens with zero attached hydrogens (tertiary/aromatic N) is 4. The number of amides is 1. The van der Waals surface area contributed by atoms with Crippen LogP contribution in [-0.4, -0.2) is 44.2 Å². The highest BCUT2D eigenvalue weighted by Gasteiger charge is 2.32. The van der Waals surface area contributed by atoms with Gasteiger partial charge in [-0.1, -0.05) is 11.2 Å². The van der Waals surface area contributed by atoms with Gasteiger partial charge in [0.2, 0.25) is 0 Å². The lowest BCUT2D eigenvalue weighted by molar-refractivity contribution is 0.0784. The van der Waals surface area contributed by atoms with E-state index in [-0.39, 0.29) is 11.8 Å². The first-order valence-corrected chi connectivity index (χ1v) is 8.27. The Morgan fingerprint density at radius 2 is 2.43 bits per heavy atom. The van der Waals surface area contributed by atoms with Crippen LogP contribution in [0.25, 0.3) is 10.8 Å². The summed E-state index contributed by atoms with van der Waals surface area (Å²) in [4.78, 5) is 19.6. The summed E-state index contributed by atoms with van der Waals surface area (Å²) < 4.78 is 5.33. The van der Waals surface area contributed by atoms with Crippen LogP contribution in [-0.2, 0) is 0 Å². The second-order valence-corrected chi connectivity index (χ2v) is 6.56. The van der Waals surface area contributed by atoms with Gasteiger partial charge >= 0.3 is 0 Å². The molecule has 1 aliphatic heterocycles. The molecule has 0 unspecified atom stereocenters. The van der Waals surface area contributed by atoms with Crippen molar-refractivity contribution in [3.05, 3.63) is 40.8 Å². The zero-order chi connectivity index (χ0) is 15.8. The SMILES string of the molecule is Cc1cc(C(=O)N2CC[C@@H](c3noc(-c4cccs4)n3)C2)n[nH]1. The van der Waals surface area contributed by atoms with E-state index in [0.29, 0.717) is 30.5 Å². The van der Waals surface area contributed by atoms with Gasteiger partial charge in [0.15, 0.2) is 5.82 Å². The Balaban J connectivity index is 1.47. The standard InChI is InChI=1S/C15H15N5O2S/c1-9-7-11(18-17-9)15(21)20-5-4-10(8-20)13-16-14(22-19-13)12-3-2-6-23-12/h2-3,6-7,10H,4-5,8H2,1H3,(H,17,18)/t10-/m1/s1. The number of nitrogens with one attached hydrogen (secondary N) is 1. The van der Waals surface area contributed by atoms with Crippen LogP contribution in [0.1, 0.15) is 34.3 Å². The summed E-state index contributed by atoms with van der Waals surface area (Å²) in [6.45, 7) is 3.15. The minimum Gasteiger partial charge on any atom is -0.336 e. The average Bonchev–Trinajstić information content (AvgIpc) is 3.30. The number of thiophene rings is 1. The molecule has 0 radical (unpaired) electrons. The van der Waals surface area contributed by atoms with Crippen LogP contribution in [0.15, 0.2) is 28.1 Å². The number of aromatic amines is 1. The predicted octanol–water partition coefficient (Wildman–Crippen LogP) is 2.46. The fraction of sp³-hybridized carbons (Fsp3) is 0.333. The van der Waals surface area contributed by atoms with E-state index in [1.807, 2.05) is 24.4 Å². The van der Waals surface area contributed by atoms with Gasteiger partial charge in [-0.3, -0.25) is 9.89 Å². The van der Waals surface area contributed by atoms with E-state index in [1.54, 1.807) is 22.3 Å². The third kappa shape index (κ3) is 2.65. The highest BCUT2D eigenvalue weighted by molar-refractivity contribution is 7.13. The number of H-pyrrole nitrogens is 1. The van der Waals surface area contributed by atoms with Gasteiger partial charge in [0.05, 0.1) is 4.88 Å². The first kappa shape index (κ1) is 14.1. The van der Waals surface area contributed by atoms with Crippen molar-refractivity contribution in [3.63, 3.8) is 0 Å². The van der Waals surface area contributed by atoms with Gasteiger partial charge in [0.25, 0.3) is 11.8 Å². The van der Waals surface area contributed by atoms with Gasteiger partial charge < -0.3 is 9.42 Å². The van der Waals surface area contributed by atoms with E-state index in [2.05, 4.69) is 20.3 Å². The molecule has 0 saturated carbocycles. The molecule has 118 valence electrons. The van der Waals surface area contributed by atoms with E-state index < -0.39 is 0 Å². The second-order valence-electron chi connectivity index (χ2n) is 5.61. The number of hydrogen-bond acceptors (Lipinski definition) is 6. The van der Waals surface area contributed by atoms with Gasteiger partial charge in [-0.15, -0.1) is 11.3 Å². The summed E-state index contributed by atoms with van der Waals surface area (Å²) in [7, 11) is 0. The molecular formula is C15H15N5O2S. The Morgan fingerprint density at radius 3 is 3.17 bits per heavy atom. The first-order chi connectivity index (χ1) is 11.2. The Hall–Kier alpha value is -2.48. The van der Waals surface area contributed by atoms with E-state index in [4.69, 9.17) is 4.52 Å². The van der Waals surface area contributed by atoms with Gasteiger partial charge in [-0.05, 0) is 30.9 Å². The van der Waals surface area contributed by atoms with Crippen LogP contribution in [0.2, 0.25) is 0 Å². The quantitative estimate of drug-likeness (QED) is 0.797. The summed E-state index contributed by atoms with van der Waals surface area (Å²) in [5, 5.41) is 12.9. The third-order valence-electron chi connectivity index (χ3n) is 3.94. The highest BCUT2D eigenvalue weighted by Crippen LogP contribution is 2.29. The van der Waals surface area contributed by atoms with Crippen molar-refractivity contribution in [2.45, 2.75) is 19.3 Å². The Labute approximate surface area is 136 Å². The summed E-state index contributed by atoms with van der Waals surface area (Å²) in [6, 6.07) is 5.66. The molecule has 4 rings (SSSR count). The number of aromatic nitrogens is 4. The molecule has 1 saturated heterocycles. The first-order valence-electron chi connectivity index (χ1n) is 7.39. The Morgan fingerprint density at radius 1 is 1.52 bits per heavy atom. The highest BCUT2D eigenvalue weighted by atomic mass is 32.1. The van der Waals surface area contributed by atoms with Crippen molar-refractivity contribution >= 4 is 17.2 Å². The number of hydrogen-bond donors (Lipinski definition) is 1. The molecule has 7 nitrogen and oxygen atoms in total. The molecule has 1 N–H and O–H groups in total. The van der Waals surface area contributed by atoms with E-state index >= 15 is 0 Å². The van der Waals surface area contributed by atoms with Crippen molar-refractivity contribution in [2.75, 3.05) is 13.1 Å². The predicted molar refractivity (Wildman–Crippen MR) is 84.2 cm³/mol. The molecule has 8 heteroatoms. The van der Waals surface area contributed by atoms with Crippen molar-refractivity contribution < 1.29 is 9.32 Å². The normalized spacial score (nSPS) is 17.8. The molecule has 1 fully saturated rings. The lowest BCUT2D eigenvalue weighted by Gasteiger charge is -2.13. The fourth-order valence-electron chi connectivity index (χ4n) is 2.75. The van der Waals surface area contributed by atoms with E-state index in [9.17, 15) is 4.79 Å². The van der Waals surface area contributed by atoms with Crippen molar-refractivity contribution in [1.82, 2.24) is 25.2 Å². The van der Waals surface area contributed by atoms with Crippen molar-refractivity contribution in [1.29, 1.82) is 0 Å². The maximum atomic E-state index is 12.4. The van der Waals surface area contributed by atoms with Crippen molar-refractivity contribution in [3.8, 4) is 10.8 Å². The van der Waals surface area contributed by atoms with Crippen molar-refractivity contribution in [2.24, 2.45) is 0 Å². The molecule has 1 aliphatic rings. The maximum Gasteiger partial charge on any atom is 0.274 e. The molecule has 0 bridgehead atoms.